The summed E-state index contributed by atoms with van der Waals surface area (Å²) in [6, 6.07) is 3.64. The Hall–Kier alpha value is -3.48. The van der Waals surface area contributed by atoms with Gasteiger partial charge in [-0.05, 0) is 69.2 Å². The first-order chi connectivity index (χ1) is 19.6. The predicted octanol–water partition coefficient (Wildman–Crippen LogP) is 0.881. The van der Waals surface area contributed by atoms with Gasteiger partial charge in [0.25, 0.3) is 0 Å². The van der Waals surface area contributed by atoms with Crippen LogP contribution in [0.4, 0.5) is 0 Å². The predicted molar refractivity (Wildman–Crippen MR) is 159 cm³/mol. The van der Waals surface area contributed by atoms with Gasteiger partial charge in [0.05, 0.1) is 6.04 Å². The van der Waals surface area contributed by atoms with E-state index in [1.54, 1.807) is 6.20 Å². The summed E-state index contributed by atoms with van der Waals surface area (Å²) in [7, 11) is 0. The van der Waals surface area contributed by atoms with Crippen LogP contribution in [0.3, 0.4) is 0 Å². The molecule has 0 radical (unpaired) electrons. The van der Waals surface area contributed by atoms with Crippen molar-refractivity contribution in [2.45, 2.75) is 89.4 Å². The lowest BCUT2D eigenvalue weighted by atomic mass is 9.98. The zero-order chi connectivity index (χ0) is 30.4. The maximum absolute atomic E-state index is 13.7. The first kappa shape index (κ1) is 33.7. The number of aromatic amines is 1. The van der Waals surface area contributed by atoms with E-state index in [1.165, 1.54) is 0 Å². The second-order valence-electron chi connectivity index (χ2n) is 10.6. The standard InChI is InChI=1S/C29H47N7O5/c1-3-18(2)25(32)28(39)36-24(16-19-17-33-21-11-5-4-10-20(19)21)27(38)34-22(12-6-8-14-30)26(37)35-23(29(40)41)13-7-9-15-31/h4-5,10-11,17-18,22-25,33H,3,6-9,12-16,30-32H2,1-2H3,(H,34,38)(H,35,37)(H,36,39)(H,40,41). The number of carboxylic acid groups (broad SMARTS) is 1. The third-order valence-corrected chi connectivity index (χ3v) is 7.43. The van der Waals surface area contributed by atoms with E-state index in [0.717, 1.165) is 16.5 Å². The molecule has 0 aliphatic heterocycles. The second-order valence-corrected chi connectivity index (χ2v) is 10.6. The van der Waals surface area contributed by atoms with E-state index < -0.39 is 47.9 Å². The lowest BCUT2D eigenvalue weighted by Gasteiger charge is -2.26. The van der Waals surface area contributed by atoms with Gasteiger partial charge in [0.1, 0.15) is 18.1 Å². The molecule has 1 heterocycles. The van der Waals surface area contributed by atoms with Crippen LogP contribution in [0.1, 0.15) is 64.4 Å². The highest BCUT2D eigenvalue weighted by atomic mass is 16.4. The number of unbranched alkanes of at least 4 members (excludes halogenated alkanes) is 2. The van der Waals surface area contributed by atoms with Crippen molar-refractivity contribution < 1.29 is 24.3 Å². The van der Waals surface area contributed by atoms with Crippen molar-refractivity contribution in [3.8, 4) is 0 Å². The van der Waals surface area contributed by atoms with Crippen LogP contribution in [0.2, 0.25) is 0 Å². The lowest BCUT2D eigenvalue weighted by Crippen LogP contribution is -2.58. The number of carboxylic acids is 1. The second kappa shape index (κ2) is 17.4. The van der Waals surface area contributed by atoms with Crippen molar-refractivity contribution in [3.05, 3.63) is 36.0 Å². The van der Waals surface area contributed by atoms with Crippen LogP contribution in [0, 0.1) is 5.92 Å². The van der Waals surface area contributed by atoms with Gasteiger partial charge in [-0.25, -0.2) is 4.79 Å². The summed E-state index contributed by atoms with van der Waals surface area (Å²) in [4.78, 5) is 54.9. The number of nitrogens with one attached hydrogen (secondary N) is 4. The van der Waals surface area contributed by atoms with Gasteiger partial charge in [0, 0.05) is 23.5 Å². The number of aliphatic carboxylic acids is 1. The zero-order valence-corrected chi connectivity index (χ0v) is 24.2. The average molecular weight is 574 g/mol. The van der Waals surface area contributed by atoms with E-state index in [-0.39, 0.29) is 25.2 Å². The lowest BCUT2D eigenvalue weighted by molar-refractivity contribution is -0.142. The Bertz CT molecular complexity index is 1140. The molecule has 5 atom stereocenters. The van der Waals surface area contributed by atoms with Crippen molar-refractivity contribution in [3.63, 3.8) is 0 Å². The molecule has 0 spiro atoms. The van der Waals surface area contributed by atoms with Gasteiger partial charge in [-0.1, -0.05) is 38.5 Å². The van der Waals surface area contributed by atoms with Crippen LogP contribution in [-0.2, 0) is 25.6 Å². The number of carbonyl (C=O) groups is 4. The first-order valence-electron chi connectivity index (χ1n) is 14.5. The highest BCUT2D eigenvalue weighted by molar-refractivity contribution is 5.95. The highest BCUT2D eigenvalue weighted by Gasteiger charge is 2.31. The minimum absolute atomic E-state index is 0.103. The van der Waals surface area contributed by atoms with E-state index in [9.17, 15) is 24.3 Å². The molecule has 12 heteroatoms. The number of hydrogen-bond acceptors (Lipinski definition) is 7. The summed E-state index contributed by atoms with van der Waals surface area (Å²) >= 11 is 0. The molecule has 0 aliphatic rings. The molecular formula is C29H47N7O5. The molecule has 41 heavy (non-hydrogen) atoms. The SMILES string of the molecule is CCC(C)C(N)C(=O)NC(Cc1c[nH]c2ccccc12)C(=O)NC(CCCCN)C(=O)NC(CCCCN)C(=O)O. The average Bonchev–Trinajstić information content (AvgIpc) is 3.37. The monoisotopic (exact) mass is 573 g/mol. The normalized spacial score (nSPS) is 15.0. The van der Waals surface area contributed by atoms with Gasteiger partial charge in [-0.3, -0.25) is 14.4 Å². The quantitative estimate of drug-likeness (QED) is 0.112. The van der Waals surface area contributed by atoms with Crippen LogP contribution in [-0.4, -0.2) is 71.0 Å². The number of hydrogen-bond donors (Lipinski definition) is 8. The molecule has 5 unspecified atom stereocenters. The van der Waals surface area contributed by atoms with Crippen molar-refractivity contribution in [1.82, 2.24) is 20.9 Å². The summed E-state index contributed by atoms with van der Waals surface area (Å²) < 4.78 is 0. The fourth-order valence-electron chi connectivity index (χ4n) is 4.57. The third kappa shape index (κ3) is 10.5. The van der Waals surface area contributed by atoms with Crippen molar-refractivity contribution in [2.75, 3.05) is 13.1 Å². The molecule has 1 aromatic carbocycles. The van der Waals surface area contributed by atoms with Crippen molar-refractivity contribution in [2.24, 2.45) is 23.1 Å². The zero-order valence-electron chi connectivity index (χ0n) is 24.2. The van der Waals surface area contributed by atoms with Crippen molar-refractivity contribution in [1.29, 1.82) is 0 Å². The molecule has 3 amide bonds. The third-order valence-electron chi connectivity index (χ3n) is 7.43. The maximum atomic E-state index is 13.7. The van der Waals surface area contributed by atoms with Crippen LogP contribution in [0.15, 0.2) is 30.5 Å². The molecular weight excluding hydrogens is 526 g/mol. The largest absolute Gasteiger partial charge is 0.480 e. The number of rotatable bonds is 19. The van der Waals surface area contributed by atoms with Crippen molar-refractivity contribution >= 4 is 34.6 Å². The Morgan fingerprint density at radius 2 is 1.41 bits per heavy atom. The molecule has 0 bridgehead atoms. The minimum Gasteiger partial charge on any atom is -0.480 e. The number of carbonyl (C=O) groups excluding carboxylic acids is 3. The molecule has 228 valence electrons. The number of H-pyrrole nitrogens is 1. The van der Waals surface area contributed by atoms with Gasteiger partial charge >= 0.3 is 5.97 Å². The van der Waals surface area contributed by atoms with Crippen LogP contribution >= 0.6 is 0 Å². The fourth-order valence-corrected chi connectivity index (χ4v) is 4.57. The van der Waals surface area contributed by atoms with E-state index in [0.29, 0.717) is 45.2 Å². The first-order valence-corrected chi connectivity index (χ1v) is 14.5. The number of fused-ring (bicyclic) bond motifs is 1. The van der Waals surface area contributed by atoms with Crippen LogP contribution < -0.4 is 33.2 Å². The van der Waals surface area contributed by atoms with Gasteiger partial charge in [0.2, 0.25) is 17.7 Å². The topological polar surface area (TPSA) is 218 Å². The van der Waals surface area contributed by atoms with E-state index in [2.05, 4.69) is 20.9 Å². The number of nitrogens with two attached hydrogens (primary N) is 3. The van der Waals surface area contributed by atoms with Gasteiger partial charge in [-0.15, -0.1) is 0 Å². The van der Waals surface area contributed by atoms with Gasteiger partial charge in [-0.2, -0.15) is 0 Å². The summed E-state index contributed by atoms with van der Waals surface area (Å²) in [6.45, 7) is 4.62. The summed E-state index contributed by atoms with van der Waals surface area (Å²) in [5, 5.41) is 18.6. The molecule has 2 aromatic rings. The molecule has 11 N–H and O–H groups in total. The summed E-state index contributed by atoms with van der Waals surface area (Å²) in [6.07, 6.45) is 5.43. The Balaban J connectivity index is 2.28. The molecule has 12 nitrogen and oxygen atoms in total. The highest BCUT2D eigenvalue weighted by Crippen LogP contribution is 2.20. The number of aromatic nitrogens is 1. The molecule has 0 saturated carbocycles. The Kier molecular flexibility index (Phi) is 14.3. The molecule has 1 aromatic heterocycles. The van der Waals surface area contributed by atoms with E-state index in [4.69, 9.17) is 17.2 Å². The number of benzene rings is 1. The fraction of sp³-hybridized carbons (Fsp3) is 0.586. The molecule has 0 fully saturated rings. The van der Waals surface area contributed by atoms with E-state index >= 15 is 0 Å². The Morgan fingerprint density at radius 1 is 0.854 bits per heavy atom. The van der Waals surface area contributed by atoms with Gasteiger partial charge < -0.3 is 43.2 Å². The molecule has 0 saturated heterocycles. The molecule has 2 rings (SSSR count). The van der Waals surface area contributed by atoms with Crippen LogP contribution in [0.25, 0.3) is 10.9 Å². The van der Waals surface area contributed by atoms with Gasteiger partial charge in [0.15, 0.2) is 0 Å². The minimum atomic E-state index is -1.16. The summed E-state index contributed by atoms with van der Waals surface area (Å²) in [5.74, 6) is -2.90. The maximum Gasteiger partial charge on any atom is 0.326 e. The Morgan fingerprint density at radius 3 is 2.02 bits per heavy atom. The van der Waals surface area contributed by atoms with Crippen LogP contribution in [0.5, 0.6) is 0 Å². The number of amides is 3. The van der Waals surface area contributed by atoms with E-state index in [1.807, 2.05) is 38.1 Å². The molecule has 0 aliphatic carbocycles. The Labute approximate surface area is 241 Å². The summed E-state index contributed by atoms with van der Waals surface area (Å²) in [5.41, 5.74) is 19.0. The smallest absolute Gasteiger partial charge is 0.326 e. The number of para-hydroxylation sites is 1.